The lowest BCUT2D eigenvalue weighted by molar-refractivity contribution is 0.313. The summed E-state index contributed by atoms with van der Waals surface area (Å²) in [4.78, 5) is 7.36. The van der Waals surface area contributed by atoms with E-state index >= 15 is 0 Å². The smallest absolute Gasteiger partial charge is 0.195 e. The van der Waals surface area contributed by atoms with Gasteiger partial charge in [-0.1, -0.05) is 42.5 Å². The van der Waals surface area contributed by atoms with Crippen molar-refractivity contribution in [1.29, 1.82) is 0 Å². The van der Waals surface area contributed by atoms with Crippen LogP contribution in [-0.4, -0.2) is 31.3 Å². The van der Waals surface area contributed by atoms with Crippen LogP contribution in [-0.2, 0) is 4.74 Å². The van der Waals surface area contributed by atoms with Gasteiger partial charge in [0.15, 0.2) is 5.90 Å². The van der Waals surface area contributed by atoms with E-state index in [0.29, 0.717) is 6.61 Å². The summed E-state index contributed by atoms with van der Waals surface area (Å²) in [5.41, 5.74) is 3.65. The molecule has 0 aromatic heterocycles. The maximum Gasteiger partial charge on any atom is 0.195 e. The van der Waals surface area contributed by atoms with Crippen molar-refractivity contribution in [2.24, 2.45) is 4.99 Å². The van der Waals surface area contributed by atoms with E-state index in [1.807, 2.05) is 6.92 Å². The van der Waals surface area contributed by atoms with E-state index in [4.69, 9.17) is 9.73 Å². The Balaban J connectivity index is 1.80. The first-order valence-corrected chi connectivity index (χ1v) is 8.71. The molecular weight excluding hydrogens is 298 g/mol. The summed E-state index contributed by atoms with van der Waals surface area (Å²) in [5, 5.41) is 3.60. The Morgan fingerprint density at radius 2 is 1.79 bits per heavy atom. The molecule has 0 unspecified atom stereocenters. The van der Waals surface area contributed by atoms with Crippen molar-refractivity contribution < 1.29 is 4.74 Å². The van der Waals surface area contributed by atoms with E-state index in [9.17, 15) is 0 Å². The average Bonchev–Trinajstić information content (AvgIpc) is 2.98. The highest BCUT2D eigenvalue weighted by atomic mass is 16.5. The van der Waals surface area contributed by atoms with Crippen LogP contribution in [0, 0.1) is 0 Å². The molecule has 2 aliphatic heterocycles. The zero-order valence-corrected chi connectivity index (χ0v) is 14.1. The van der Waals surface area contributed by atoms with Gasteiger partial charge < -0.3 is 15.0 Å². The Morgan fingerprint density at radius 1 is 1.04 bits per heavy atom. The molecule has 0 bridgehead atoms. The number of rotatable bonds is 3. The Morgan fingerprint density at radius 3 is 2.54 bits per heavy atom. The second-order valence-corrected chi connectivity index (χ2v) is 6.17. The van der Waals surface area contributed by atoms with Crippen LogP contribution in [0.1, 0.15) is 25.3 Å². The van der Waals surface area contributed by atoms with Crippen LogP contribution >= 0.6 is 0 Å². The number of anilines is 2. The van der Waals surface area contributed by atoms with Crippen LogP contribution in [0.4, 0.5) is 11.4 Å². The highest BCUT2D eigenvalue weighted by molar-refractivity contribution is 5.90. The van der Waals surface area contributed by atoms with Gasteiger partial charge in [-0.05, 0) is 31.5 Å². The van der Waals surface area contributed by atoms with Crippen LogP contribution in [0.2, 0.25) is 0 Å². The second kappa shape index (κ2) is 6.19. The largest absolute Gasteiger partial charge is 0.481 e. The zero-order chi connectivity index (χ0) is 16.5. The number of nitrogens with zero attached hydrogens (tertiary/aromatic N) is 2. The lowest BCUT2D eigenvalue weighted by atomic mass is 9.89. The predicted molar refractivity (Wildman–Crippen MR) is 98.9 cm³/mol. The van der Waals surface area contributed by atoms with E-state index in [1.54, 1.807) is 0 Å². The number of ether oxygens (including phenoxy) is 1. The highest BCUT2D eigenvalue weighted by Gasteiger charge is 2.47. The molecule has 2 aromatic rings. The number of fused-ring (bicyclic) bond motifs is 2. The summed E-state index contributed by atoms with van der Waals surface area (Å²) in [6.07, 6.45) is 0.0200. The van der Waals surface area contributed by atoms with Crippen LogP contribution in [0.3, 0.4) is 0 Å². The van der Waals surface area contributed by atoms with Crippen molar-refractivity contribution >= 4 is 17.3 Å². The molecule has 4 heteroatoms. The number of likely N-dealkylation sites (N-methyl/N-ethyl adjacent to an activating group) is 1. The summed E-state index contributed by atoms with van der Waals surface area (Å²) < 4.78 is 5.94. The van der Waals surface area contributed by atoms with Gasteiger partial charge in [0.05, 0.1) is 29.9 Å². The SMILES string of the molecule is CCOC1=N[C@@H]2Nc3ccccc3N(CC)[C@@H]2[C@@H]1c1ccccc1. The van der Waals surface area contributed by atoms with Gasteiger partial charge in [-0.25, -0.2) is 4.99 Å². The molecule has 2 aromatic carbocycles. The number of hydrogen-bond donors (Lipinski definition) is 1. The summed E-state index contributed by atoms with van der Waals surface area (Å²) in [6.45, 7) is 5.81. The molecule has 1 N–H and O–H groups in total. The summed E-state index contributed by atoms with van der Waals surface area (Å²) in [6, 6.07) is 19.3. The normalized spacial score (nSPS) is 24.7. The fourth-order valence-electron chi connectivity index (χ4n) is 3.91. The quantitative estimate of drug-likeness (QED) is 0.932. The lowest BCUT2D eigenvalue weighted by Gasteiger charge is -2.42. The fourth-order valence-corrected chi connectivity index (χ4v) is 3.91. The number of para-hydroxylation sites is 2. The minimum absolute atomic E-state index is 0.0200. The Hall–Kier alpha value is -2.49. The van der Waals surface area contributed by atoms with Gasteiger partial charge in [0, 0.05) is 6.54 Å². The van der Waals surface area contributed by atoms with Crippen molar-refractivity contribution in [1.82, 2.24) is 0 Å². The monoisotopic (exact) mass is 321 g/mol. The second-order valence-electron chi connectivity index (χ2n) is 6.17. The molecule has 2 heterocycles. The van der Waals surface area contributed by atoms with Gasteiger partial charge in [0.2, 0.25) is 0 Å². The molecule has 4 rings (SSSR count). The third-order valence-corrected chi connectivity index (χ3v) is 4.87. The fraction of sp³-hybridized carbons (Fsp3) is 0.350. The van der Waals surface area contributed by atoms with Gasteiger partial charge in [-0.3, -0.25) is 0 Å². The van der Waals surface area contributed by atoms with Crippen LogP contribution in [0.25, 0.3) is 0 Å². The van der Waals surface area contributed by atoms with Crippen LogP contribution in [0.15, 0.2) is 59.6 Å². The standard InChI is InChI=1S/C20H23N3O/c1-3-23-16-13-9-8-12-15(16)21-19-18(23)17(20(22-19)24-4-2)14-10-6-5-7-11-14/h5-13,17-19,21H,3-4H2,1-2H3/t17-,18+,19-/m0/s1. The number of benzene rings is 2. The topological polar surface area (TPSA) is 36.9 Å². The number of hydrogen-bond acceptors (Lipinski definition) is 4. The van der Waals surface area contributed by atoms with Gasteiger partial charge in [0.25, 0.3) is 0 Å². The molecule has 4 nitrogen and oxygen atoms in total. The molecule has 24 heavy (non-hydrogen) atoms. The van der Waals surface area contributed by atoms with Gasteiger partial charge in [-0.2, -0.15) is 0 Å². The third kappa shape index (κ3) is 2.33. The van der Waals surface area contributed by atoms with Gasteiger partial charge in [-0.15, -0.1) is 0 Å². The first kappa shape index (κ1) is 15.1. The molecule has 124 valence electrons. The summed E-state index contributed by atoms with van der Waals surface area (Å²) >= 11 is 0. The molecule has 0 radical (unpaired) electrons. The van der Waals surface area contributed by atoms with E-state index in [2.05, 4.69) is 71.7 Å². The molecule has 0 amide bonds. The van der Waals surface area contributed by atoms with E-state index in [0.717, 1.165) is 18.1 Å². The first-order chi connectivity index (χ1) is 11.8. The molecule has 0 fully saturated rings. The molecule has 0 saturated heterocycles. The Kier molecular flexibility index (Phi) is 3.89. The molecule has 2 aliphatic rings. The van der Waals surface area contributed by atoms with Gasteiger partial charge in [0.1, 0.15) is 6.17 Å². The minimum atomic E-state index is 0.0200. The highest BCUT2D eigenvalue weighted by Crippen LogP contribution is 2.43. The molecule has 0 spiro atoms. The van der Waals surface area contributed by atoms with E-state index < -0.39 is 0 Å². The van der Waals surface area contributed by atoms with Crippen molar-refractivity contribution in [3.8, 4) is 0 Å². The summed E-state index contributed by atoms with van der Waals surface area (Å²) in [7, 11) is 0. The van der Waals surface area contributed by atoms with Crippen molar-refractivity contribution in [3.05, 3.63) is 60.2 Å². The zero-order valence-electron chi connectivity index (χ0n) is 14.1. The van der Waals surface area contributed by atoms with Crippen molar-refractivity contribution in [2.75, 3.05) is 23.4 Å². The van der Waals surface area contributed by atoms with E-state index in [-0.39, 0.29) is 18.1 Å². The van der Waals surface area contributed by atoms with Crippen LogP contribution in [0.5, 0.6) is 0 Å². The molecule has 3 atom stereocenters. The Bertz CT molecular complexity index is 744. The minimum Gasteiger partial charge on any atom is -0.481 e. The van der Waals surface area contributed by atoms with Crippen LogP contribution < -0.4 is 10.2 Å². The molecule has 0 aliphatic carbocycles. The molecular formula is C20H23N3O. The average molecular weight is 321 g/mol. The van der Waals surface area contributed by atoms with E-state index in [1.165, 1.54) is 11.3 Å². The predicted octanol–water partition coefficient (Wildman–Crippen LogP) is 3.87. The number of nitrogens with one attached hydrogen (secondary N) is 1. The van der Waals surface area contributed by atoms with Crippen molar-refractivity contribution in [2.45, 2.75) is 32.0 Å². The third-order valence-electron chi connectivity index (χ3n) is 4.87. The van der Waals surface area contributed by atoms with Gasteiger partial charge >= 0.3 is 0 Å². The maximum absolute atomic E-state index is 5.94. The maximum atomic E-state index is 5.94. The Labute approximate surface area is 143 Å². The molecule has 0 saturated carbocycles. The van der Waals surface area contributed by atoms with Crippen molar-refractivity contribution in [3.63, 3.8) is 0 Å². The number of aliphatic imine (C=N–C) groups is 1. The first-order valence-electron chi connectivity index (χ1n) is 8.71. The summed E-state index contributed by atoms with van der Waals surface area (Å²) in [5.74, 6) is 0.995. The lowest BCUT2D eigenvalue weighted by Crippen LogP contribution is -2.51.